The summed E-state index contributed by atoms with van der Waals surface area (Å²) in [6.07, 6.45) is 0. The van der Waals surface area contributed by atoms with Crippen molar-refractivity contribution in [3.63, 3.8) is 0 Å². The van der Waals surface area contributed by atoms with E-state index < -0.39 is 17.7 Å². The van der Waals surface area contributed by atoms with Gasteiger partial charge < -0.3 is 9.84 Å². The van der Waals surface area contributed by atoms with Crippen molar-refractivity contribution in [2.75, 3.05) is 11.5 Å². The molecule has 6 nitrogen and oxygen atoms in total. The molecule has 0 aliphatic carbocycles. The molecule has 0 radical (unpaired) electrons. The van der Waals surface area contributed by atoms with E-state index in [1.165, 1.54) is 27.6 Å². The second kappa shape index (κ2) is 8.62. The summed E-state index contributed by atoms with van der Waals surface area (Å²) in [5.41, 5.74) is 1.13. The summed E-state index contributed by atoms with van der Waals surface area (Å²) in [6, 6.07) is 14.9. The van der Waals surface area contributed by atoms with E-state index in [-0.39, 0.29) is 11.3 Å². The molecule has 5 rings (SSSR count). The van der Waals surface area contributed by atoms with E-state index in [0.29, 0.717) is 33.6 Å². The quantitative estimate of drug-likeness (QED) is 0.207. The molecule has 2 aromatic carbocycles. The van der Waals surface area contributed by atoms with Crippen LogP contribution in [0.2, 0.25) is 5.02 Å². The first kappa shape index (κ1) is 21.6. The number of thiophene rings is 1. The number of hydrogen-bond donors (Lipinski definition) is 1. The molecule has 4 aromatic rings. The summed E-state index contributed by atoms with van der Waals surface area (Å²) < 4.78 is 6.40. The van der Waals surface area contributed by atoms with Crippen LogP contribution < -0.4 is 9.64 Å². The maximum Gasteiger partial charge on any atom is 0.301 e. The van der Waals surface area contributed by atoms with E-state index in [1.54, 1.807) is 24.3 Å². The monoisotopic (exact) mass is 496 g/mol. The summed E-state index contributed by atoms with van der Waals surface area (Å²) in [6.45, 7) is 2.44. The lowest BCUT2D eigenvalue weighted by Gasteiger charge is -2.21. The third kappa shape index (κ3) is 3.80. The Labute approximate surface area is 202 Å². The molecular weight excluding hydrogens is 480 g/mol. The number of thiazole rings is 1. The molecule has 1 atom stereocenters. The second-order valence-electron chi connectivity index (χ2n) is 7.25. The van der Waals surface area contributed by atoms with E-state index in [4.69, 9.17) is 16.3 Å². The van der Waals surface area contributed by atoms with Crippen LogP contribution >= 0.6 is 34.3 Å². The van der Waals surface area contributed by atoms with Gasteiger partial charge in [-0.25, -0.2) is 4.98 Å². The van der Waals surface area contributed by atoms with Gasteiger partial charge in [0.1, 0.15) is 17.6 Å². The molecule has 3 heterocycles. The Morgan fingerprint density at radius 1 is 1.18 bits per heavy atom. The molecule has 9 heteroatoms. The lowest BCUT2D eigenvalue weighted by molar-refractivity contribution is -0.132. The van der Waals surface area contributed by atoms with Gasteiger partial charge in [0.05, 0.1) is 22.4 Å². The zero-order valence-corrected chi connectivity index (χ0v) is 19.7. The molecule has 33 heavy (non-hydrogen) atoms. The van der Waals surface area contributed by atoms with E-state index in [0.717, 1.165) is 9.58 Å². The SMILES string of the molecule is CCOc1ccc2nc(N3C(=O)C(=O)/C(=C(/O)c4ccc(Cl)cc4)C3c3cccs3)sc2c1. The lowest BCUT2D eigenvalue weighted by atomic mass is 10.00. The highest BCUT2D eigenvalue weighted by Gasteiger charge is 2.48. The number of fused-ring (bicyclic) bond motifs is 1. The van der Waals surface area contributed by atoms with Crippen LogP contribution in [0.4, 0.5) is 5.13 Å². The summed E-state index contributed by atoms with van der Waals surface area (Å²) in [4.78, 5) is 33.1. The van der Waals surface area contributed by atoms with Gasteiger partial charge in [-0.1, -0.05) is 29.0 Å². The van der Waals surface area contributed by atoms with Crippen LogP contribution in [-0.2, 0) is 9.59 Å². The minimum atomic E-state index is -0.785. The number of halogens is 1. The Bertz CT molecular complexity index is 1390. The molecule has 2 aromatic heterocycles. The highest BCUT2D eigenvalue weighted by atomic mass is 35.5. The van der Waals surface area contributed by atoms with Crippen LogP contribution in [-0.4, -0.2) is 28.4 Å². The Morgan fingerprint density at radius 2 is 1.97 bits per heavy atom. The molecule has 1 N–H and O–H groups in total. The number of Topliss-reactive ketones (excluding diaryl/α,β-unsaturated/α-hetero) is 1. The number of anilines is 1. The van der Waals surface area contributed by atoms with Crippen LogP contribution in [0, 0.1) is 0 Å². The van der Waals surface area contributed by atoms with Crippen LogP contribution in [0.15, 0.2) is 65.6 Å². The molecule has 1 aliphatic heterocycles. The first-order valence-electron chi connectivity index (χ1n) is 10.1. The van der Waals surface area contributed by atoms with Crippen LogP contribution in [0.5, 0.6) is 5.75 Å². The highest BCUT2D eigenvalue weighted by molar-refractivity contribution is 7.22. The largest absolute Gasteiger partial charge is 0.507 e. The van der Waals surface area contributed by atoms with Crippen LogP contribution in [0.25, 0.3) is 16.0 Å². The fourth-order valence-corrected chi connectivity index (χ4v) is 5.73. The number of carbonyl (C=O) groups is 2. The molecule has 1 aliphatic rings. The third-order valence-corrected chi connectivity index (χ3v) is 7.43. The first-order valence-corrected chi connectivity index (χ1v) is 12.2. The molecule has 166 valence electrons. The smallest absolute Gasteiger partial charge is 0.301 e. The summed E-state index contributed by atoms with van der Waals surface area (Å²) >= 11 is 8.67. The van der Waals surface area contributed by atoms with E-state index >= 15 is 0 Å². The minimum Gasteiger partial charge on any atom is -0.507 e. The number of rotatable bonds is 5. The van der Waals surface area contributed by atoms with Crippen molar-refractivity contribution in [1.82, 2.24) is 4.98 Å². The number of hydrogen-bond acceptors (Lipinski definition) is 7. The average Bonchev–Trinajstić information content (AvgIpc) is 3.53. The fraction of sp³-hybridized carbons (Fsp3) is 0.125. The second-order valence-corrected chi connectivity index (χ2v) is 9.68. The Hall–Kier alpha value is -3.20. The van der Waals surface area contributed by atoms with Crippen molar-refractivity contribution in [3.8, 4) is 5.75 Å². The predicted molar refractivity (Wildman–Crippen MR) is 131 cm³/mol. The van der Waals surface area contributed by atoms with Crippen molar-refractivity contribution < 1.29 is 19.4 Å². The Morgan fingerprint density at radius 3 is 2.67 bits per heavy atom. The highest BCUT2D eigenvalue weighted by Crippen LogP contribution is 2.45. The van der Waals surface area contributed by atoms with E-state index in [2.05, 4.69) is 4.98 Å². The summed E-state index contributed by atoms with van der Waals surface area (Å²) in [5.74, 6) is -1.02. The van der Waals surface area contributed by atoms with Crippen molar-refractivity contribution in [3.05, 3.63) is 81.0 Å². The van der Waals surface area contributed by atoms with Crippen molar-refractivity contribution in [1.29, 1.82) is 0 Å². The van der Waals surface area contributed by atoms with Gasteiger partial charge in [0, 0.05) is 15.5 Å². The number of aliphatic hydroxyl groups excluding tert-OH is 1. The Balaban J connectivity index is 1.66. The normalized spacial score (nSPS) is 17.8. The molecule has 1 amide bonds. The van der Waals surface area contributed by atoms with Crippen LogP contribution in [0.3, 0.4) is 0 Å². The number of carbonyl (C=O) groups excluding carboxylic acids is 2. The molecular formula is C24H17ClN2O4S2. The van der Waals surface area contributed by atoms with Crippen molar-refractivity contribution in [2.24, 2.45) is 0 Å². The van der Waals surface area contributed by atoms with Crippen molar-refractivity contribution in [2.45, 2.75) is 13.0 Å². The average molecular weight is 497 g/mol. The van der Waals surface area contributed by atoms with Gasteiger partial charge >= 0.3 is 5.91 Å². The van der Waals surface area contributed by atoms with Gasteiger partial charge in [-0.05, 0) is 60.8 Å². The molecule has 1 fully saturated rings. The molecule has 0 spiro atoms. The molecule has 0 saturated carbocycles. The number of ether oxygens (including phenoxy) is 1. The number of ketones is 1. The van der Waals surface area contributed by atoms with Gasteiger partial charge in [0.25, 0.3) is 5.78 Å². The zero-order chi connectivity index (χ0) is 23.1. The standard InChI is InChI=1S/C24H17ClN2O4S2/c1-2-31-15-9-10-16-18(12-15)33-24(26-16)27-20(17-4-3-11-32-17)19(22(29)23(27)30)21(28)13-5-7-14(25)8-6-13/h3-12,20,28H,2H2,1H3/b21-19+. The summed E-state index contributed by atoms with van der Waals surface area (Å²) in [5, 5.41) is 13.8. The topological polar surface area (TPSA) is 79.7 Å². The van der Waals surface area contributed by atoms with Gasteiger partial charge in [-0.2, -0.15) is 0 Å². The number of aliphatic hydroxyl groups is 1. The minimum absolute atomic E-state index is 0.0269. The number of aromatic nitrogens is 1. The maximum atomic E-state index is 13.2. The zero-order valence-electron chi connectivity index (χ0n) is 17.3. The molecule has 0 bridgehead atoms. The van der Waals surface area contributed by atoms with Crippen molar-refractivity contribution >= 4 is 67.1 Å². The Kier molecular flexibility index (Phi) is 5.65. The number of nitrogens with zero attached hydrogens (tertiary/aromatic N) is 2. The molecule has 1 saturated heterocycles. The predicted octanol–water partition coefficient (Wildman–Crippen LogP) is 6.04. The van der Waals surface area contributed by atoms with Gasteiger partial charge in [0.15, 0.2) is 5.13 Å². The third-order valence-electron chi connectivity index (χ3n) is 5.24. The lowest BCUT2D eigenvalue weighted by Crippen LogP contribution is -2.28. The van der Waals surface area contributed by atoms with E-state index in [1.807, 2.05) is 42.6 Å². The van der Waals surface area contributed by atoms with E-state index in [9.17, 15) is 14.7 Å². The fourth-order valence-electron chi connectivity index (χ4n) is 3.76. The maximum absolute atomic E-state index is 13.2. The van der Waals surface area contributed by atoms with Gasteiger partial charge in [-0.15, -0.1) is 11.3 Å². The van der Waals surface area contributed by atoms with Gasteiger partial charge in [0.2, 0.25) is 0 Å². The molecule has 1 unspecified atom stereocenters. The first-order chi connectivity index (χ1) is 16.0. The number of benzene rings is 2. The van der Waals surface area contributed by atoms with Crippen LogP contribution in [0.1, 0.15) is 23.4 Å². The van der Waals surface area contributed by atoms with Gasteiger partial charge in [-0.3, -0.25) is 14.5 Å². The summed E-state index contributed by atoms with van der Waals surface area (Å²) in [7, 11) is 0. The number of amides is 1.